The second kappa shape index (κ2) is 5.77. The van der Waals surface area contributed by atoms with Crippen LogP contribution in [0.2, 0.25) is 0 Å². The summed E-state index contributed by atoms with van der Waals surface area (Å²) in [4.78, 5) is 14.7. The van der Waals surface area contributed by atoms with Gasteiger partial charge in [0.1, 0.15) is 11.4 Å². The number of pyridine rings is 1. The van der Waals surface area contributed by atoms with Gasteiger partial charge in [-0.3, -0.25) is 0 Å². The molecular formula is C10H10ClF2NO3. The second-order valence-electron chi connectivity index (χ2n) is 3.06. The van der Waals surface area contributed by atoms with E-state index >= 15 is 0 Å². The molecule has 17 heavy (non-hydrogen) atoms. The van der Waals surface area contributed by atoms with Crippen LogP contribution in [0.25, 0.3) is 0 Å². The third-order valence-electron chi connectivity index (χ3n) is 1.93. The van der Waals surface area contributed by atoms with Gasteiger partial charge in [0, 0.05) is 5.88 Å². The third kappa shape index (κ3) is 3.03. The molecule has 0 radical (unpaired) electrons. The van der Waals surface area contributed by atoms with E-state index in [1.807, 2.05) is 0 Å². The highest BCUT2D eigenvalue weighted by molar-refractivity contribution is 6.17. The lowest BCUT2D eigenvalue weighted by atomic mass is 10.2. The molecule has 0 atom stereocenters. The average Bonchev–Trinajstić information content (AvgIpc) is 2.28. The van der Waals surface area contributed by atoms with E-state index in [2.05, 4.69) is 9.72 Å². The molecule has 0 spiro atoms. The number of carbonyl (C=O) groups is 1. The quantitative estimate of drug-likeness (QED) is 0.672. The van der Waals surface area contributed by atoms with Crippen molar-refractivity contribution in [3.05, 3.63) is 23.0 Å². The maximum atomic E-state index is 12.6. The summed E-state index contributed by atoms with van der Waals surface area (Å²) in [5.41, 5.74) is -1.18. The van der Waals surface area contributed by atoms with Gasteiger partial charge in [-0.2, -0.15) is 0 Å². The van der Waals surface area contributed by atoms with Crippen LogP contribution in [0.5, 0.6) is 5.75 Å². The Bertz CT molecular complexity index is 426. The van der Waals surface area contributed by atoms with E-state index in [-0.39, 0.29) is 18.1 Å². The van der Waals surface area contributed by atoms with Gasteiger partial charge in [0.05, 0.1) is 6.61 Å². The van der Waals surface area contributed by atoms with Crippen LogP contribution in [-0.2, 0) is 10.6 Å². The highest BCUT2D eigenvalue weighted by Crippen LogP contribution is 2.27. The number of aromatic hydroxyl groups is 1. The van der Waals surface area contributed by atoms with Crippen molar-refractivity contribution in [1.29, 1.82) is 0 Å². The van der Waals surface area contributed by atoms with Gasteiger partial charge in [-0.15, -0.1) is 11.6 Å². The van der Waals surface area contributed by atoms with Gasteiger partial charge in [-0.05, 0) is 18.6 Å². The van der Waals surface area contributed by atoms with Gasteiger partial charge in [-0.25, -0.2) is 18.6 Å². The molecule has 94 valence electrons. The molecule has 1 heterocycles. The number of esters is 1. The number of carbonyl (C=O) groups excluding carboxylic acids is 1. The van der Waals surface area contributed by atoms with Gasteiger partial charge >= 0.3 is 5.97 Å². The normalized spacial score (nSPS) is 10.6. The standard InChI is InChI=1S/C10H10ClF2NO3/c1-2-17-10(16)8-6(15)3-5(4-11)7(14-8)9(12)13/h3,9,15H,2,4H2,1H3. The van der Waals surface area contributed by atoms with E-state index in [1.54, 1.807) is 6.92 Å². The van der Waals surface area contributed by atoms with Crippen LogP contribution in [0, 0.1) is 0 Å². The lowest BCUT2D eigenvalue weighted by Crippen LogP contribution is -2.10. The van der Waals surface area contributed by atoms with Gasteiger partial charge < -0.3 is 9.84 Å². The number of ether oxygens (including phenoxy) is 1. The van der Waals surface area contributed by atoms with E-state index in [0.29, 0.717) is 0 Å². The van der Waals surface area contributed by atoms with Crippen molar-refractivity contribution in [2.45, 2.75) is 19.2 Å². The number of rotatable bonds is 4. The predicted molar refractivity (Wildman–Crippen MR) is 56.4 cm³/mol. The molecule has 0 aliphatic rings. The molecule has 1 N–H and O–H groups in total. The van der Waals surface area contributed by atoms with Gasteiger partial charge in [0.15, 0.2) is 5.69 Å². The summed E-state index contributed by atoms with van der Waals surface area (Å²) in [5.74, 6) is -1.71. The van der Waals surface area contributed by atoms with Crippen LogP contribution in [0.4, 0.5) is 8.78 Å². The molecule has 0 amide bonds. The molecule has 7 heteroatoms. The minimum absolute atomic E-state index is 0.0211. The fourth-order valence-electron chi connectivity index (χ4n) is 1.20. The number of aromatic nitrogens is 1. The summed E-state index contributed by atoms with van der Waals surface area (Å²) in [6.45, 7) is 1.61. The van der Waals surface area contributed by atoms with Crippen molar-refractivity contribution in [2.75, 3.05) is 6.61 Å². The predicted octanol–water partition coefficient (Wildman–Crippen LogP) is 2.64. The zero-order valence-corrected chi connectivity index (χ0v) is 9.67. The average molecular weight is 266 g/mol. The lowest BCUT2D eigenvalue weighted by Gasteiger charge is -2.09. The molecule has 0 saturated carbocycles. The molecule has 0 unspecified atom stereocenters. The molecule has 0 bridgehead atoms. The Hall–Kier alpha value is -1.43. The monoisotopic (exact) mass is 265 g/mol. The summed E-state index contributed by atoms with van der Waals surface area (Å²) in [6, 6.07) is 0.994. The summed E-state index contributed by atoms with van der Waals surface area (Å²) < 4.78 is 29.8. The Labute approximate surface area is 101 Å². The van der Waals surface area contributed by atoms with Gasteiger partial charge in [-0.1, -0.05) is 0 Å². The van der Waals surface area contributed by atoms with Crippen LogP contribution in [0.1, 0.15) is 35.1 Å². The molecule has 0 fully saturated rings. The summed E-state index contributed by atoms with van der Waals surface area (Å²) >= 11 is 5.44. The van der Waals surface area contributed by atoms with E-state index in [4.69, 9.17) is 11.6 Å². The molecule has 0 aliphatic carbocycles. The van der Waals surface area contributed by atoms with Gasteiger partial charge in [0.25, 0.3) is 6.43 Å². The molecular weight excluding hydrogens is 256 g/mol. The van der Waals surface area contributed by atoms with Crippen molar-refractivity contribution in [3.8, 4) is 5.75 Å². The fraction of sp³-hybridized carbons (Fsp3) is 0.400. The Kier molecular flexibility index (Phi) is 4.62. The largest absolute Gasteiger partial charge is 0.505 e. The Morgan fingerprint density at radius 3 is 2.76 bits per heavy atom. The first-order valence-electron chi connectivity index (χ1n) is 4.75. The Morgan fingerprint density at radius 2 is 2.29 bits per heavy atom. The molecule has 1 rings (SSSR count). The molecule has 0 aliphatic heterocycles. The van der Waals surface area contributed by atoms with E-state index in [0.717, 1.165) is 6.07 Å². The van der Waals surface area contributed by atoms with Crippen molar-refractivity contribution < 1.29 is 23.4 Å². The van der Waals surface area contributed by atoms with E-state index < -0.39 is 29.5 Å². The summed E-state index contributed by atoms with van der Waals surface area (Å²) in [6.07, 6.45) is -2.88. The highest BCUT2D eigenvalue weighted by atomic mass is 35.5. The molecule has 1 aromatic rings. The lowest BCUT2D eigenvalue weighted by molar-refractivity contribution is 0.0514. The van der Waals surface area contributed by atoms with E-state index in [9.17, 15) is 18.7 Å². The first kappa shape index (κ1) is 13.6. The van der Waals surface area contributed by atoms with Crippen molar-refractivity contribution in [1.82, 2.24) is 4.98 Å². The minimum atomic E-state index is -2.88. The first-order valence-corrected chi connectivity index (χ1v) is 5.28. The van der Waals surface area contributed by atoms with Crippen LogP contribution in [-0.4, -0.2) is 22.7 Å². The highest BCUT2D eigenvalue weighted by Gasteiger charge is 2.22. The van der Waals surface area contributed by atoms with E-state index in [1.165, 1.54) is 0 Å². The minimum Gasteiger partial charge on any atom is -0.505 e. The summed E-state index contributed by atoms with van der Waals surface area (Å²) in [7, 11) is 0. The molecule has 0 saturated heterocycles. The number of halogens is 3. The Balaban J connectivity index is 3.24. The van der Waals surface area contributed by atoms with Crippen LogP contribution in [0.3, 0.4) is 0 Å². The Morgan fingerprint density at radius 1 is 1.65 bits per heavy atom. The zero-order chi connectivity index (χ0) is 13.0. The van der Waals surface area contributed by atoms with Crippen molar-refractivity contribution in [3.63, 3.8) is 0 Å². The molecule has 1 aromatic heterocycles. The van der Waals surface area contributed by atoms with Crippen LogP contribution in [0.15, 0.2) is 6.07 Å². The number of hydrogen-bond donors (Lipinski definition) is 1. The maximum Gasteiger partial charge on any atom is 0.360 e. The zero-order valence-electron chi connectivity index (χ0n) is 8.91. The van der Waals surface area contributed by atoms with Crippen LogP contribution >= 0.6 is 11.6 Å². The fourth-order valence-corrected chi connectivity index (χ4v) is 1.42. The number of alkyl halides is 3. The smallest absolute Gasteiger partial charge is 0.360 e. The SMILES string of the molecule is CCOC(=O)c1nc(C(F)F)c(CCl)cc1O. The molecule has 4 nitrogen and oxygen atoms in total. The van der Waals surface area contributed by atoms with Crippen LogP contribution < -0.4 is 0 Å². The topological polar surface area (TPSA) is 59.4 Å². The third-order valence-corrected chi connectivity index (χ3v) is 2.22. The van der Waals surface area contributed by atoms with Crippen molar-refractivity contribution in [2.24, 2.45) is 0 Å². The summed E-state index contributed by atoms with van der Waals surface area (Å²) in [5, 5.41) is 9.46. The van der Waals surface area contributed by atoms with Crippen molar-refractivity contribution >= 4 is 17.6 Å². The second-order valence-corrected chi connectivity index (χ2v) is 3.32. The van der Waals surface area contributed by atoms with Gasteiger partial charge in [0.2, 0.25) is 0 Å². The first-order chi connectivity index (χ1) is 8.01. The maximum absolute atomic E-state index is 12.6. The number of hydrogen-bond acceptors (Lipinski definition) is 4. The number of nitrogens with zero attached hydrogens (tertiary/aromatic N) is 1. The molecule has 0 aromatic carbocycles.